The van der Waals surface area contributed by atoms with Crippen LogP contribution >= 0.6 is 0 Å². The zero-order valence-corrected chi connectivity index (χ0v) is 8.91. The van der Waals surface area contributed by atoms with Gasteiger partial charge in [-0.2, -0.15) is 0 Å². The molecule has 0 aromatic heterocycles. The van der Waals surface area contributed by atoms with Crippen molar-refractivity contribution in [3.63, 3.8) is 0 Å². The molecule has 2 N–H and O–H groups in total. The summed E-state index contributed by atoms with van der Waals surface area (Å²) in [7, 11) is 0. The number of rotatable bonds is 3. The zero-order chi connectivity index (χ0) is 10.3. The van der Waals surface area contributed by atoms with Crippen LogP contribution in [0.1, 0.15) is 19.3 Å². The van der Waals surface area contributed by atoms with Crippen LogP contribution in [-0.2, 0) is 4.79 Å². The van der Waals surface area contributed by atoms with Crippen LogP contribution in [0.5, 0.6) is 0 Å². The van der Waals surface area contributed by atoms with E-state index in [0.29, 0.717) is 12.5 Å². The molecular weight excluding hydrogens is 188 g/mol. The molecule has 0 aromatic rings. The number of amides is 1. The molecule has 3 rings (SSSR count). The Morgan fingerprint density at radius 3 is 2.93 bits per heavy atom. The second-order valence-corrected chi connectivity index (χ2v) is 5.15. The van der Waals surface area contributed by atoms with E-state index >= 15 is 0 Å². The second-order valence-electron chi connectivity index (χ2n) is 5.15. The summed E-state index contributed by atoms with van der Waals surface area (Å²) >= 11 is 0. The van der Waals surface area contributed by atoms with Crippen LogP contribution < -0.4 is 10.6 Å². The van der Waals surface area contributed by atoms with Gasteiger partial charge in [0.05, 0.1) is 0 Å². The van der Waals surface area contributed by atoms with E-state index < -0.39 is 0 Å². The van der Waals surface area contributed by atoms with Gasteiger partial charge >= 0.3 is 0 Å². The third kappa shape index (κ3) is 1.81. The lowest BCUT2D eigenvalue weighted by Gasteiger charge is -2.20. The summed E-state index contributed by atoms with van der Waals surface area (Å²) in [4.78, 5) is 11.0. The number of carbonyl (C=O) groups excluding carboxylic acids is 1. The minimum atomic E-state index is 0.195. The molecule has 3 nitrogen and oxygen atoms in total. The molecule has 2 bridgehead atoms. The summed E-state index contributed by atoms with van der Waals surface area (Å²) in [5.74, 6) is 2.67. The summed E-state index contributed by atoms with van der Waals surface area (Å²) < 4.78 is 0. The second kappa shape index (κ2) is 3.63. The van der Waals surface area contributed by atoms with Gasteiger partial charge < -0.3 is 10.6 Å². The molecule has 2 aliphatic carbocycles. The highest BCUT2D eigenvalue weighted by Gasteiger charge is 2.35. The van der Waals surface area contributed by atoms with Gasteiger partial charge in [0.1, 0.15) is 0 Å². The van der Waals surface area contributed by atoms with Crippen LogP contribution in [0, 0.1) is 17.8 Å². The predicted octanol–water partition coefficient (Wildman–Crippen LogP) is 0.677. The molecule has 15 heavy (non-hydrogen) atoms. The molecule has 1 amide bonds. The zero-order valence-electron chi connectivity index (χ0n) is 8.91. The first-order valence-corrected chi connectivity index (χ1v) is 5.99. The maximum absolute atomic E-state index is 11.0. The standard InChI is InChI=1S/C12H18N2O/c15-12-5-11(7-14-12)13-6-10-4-8-1-2-9(10)3-8/h1-2,8-11,13H,3-7H2,(H,14,15). The molecule has 3 heteroatoms. The van der Waals surface area contributed by atoms with Gasteiger partial charge in [0, 0.05) is 19.0 Å². The van der Waals surface area contributed by atoms with Crippen molar-refractivity contribution in [2.24, 2.45) is 17.8 Å². The van der Waals surface area contributed by atoms with Crippen molar-refractivity contribution in [3.05, 3.63) is 12.2 Å². The van der Waals surface area contributed by atoms with Gasteiger partial charge in [0.25, 0.3) is 0 Å². The van der Waals surface area contributed by atoms with Crippen LogP contribution in [0.25, 0.3) is 0 Å². The first-order chi connectivity index (χ1) is 7.31. The Morgan fingerprint density at radius 1 is 1.40 bits per heavy atom. The van der Waals surface area contributed by atoms with E-state index in [1.807, 2.05) is 0 Å². The first kappa shape index (κ1) is 9.40. The van der Waals surface area contributed by atoms with Crippen molar-refractivity contribution in [1.82, 2.24) is 10.6 Å². The number of hydrogen-bond donors (Lipinski definition) is 2. The Morgan fingerprint density at radius 2 is 2.33 bits per heavy atom. The average Bonchev–Trinajstić information content (AvgIpc) is 2.90. The van der Waals surface area contributed by atoms with Crippen molar-refractivity contribution in [3.8, 4) is 0 Å². The fourth-order valence-corrected chi connectivity index (χ4v) is 3.20. The number of hydrogen-bond acceptors (Lipinski definition) is 2. The fraction of sp³-hybridized carbons (Fsp3) is 0.750. The molecule has 1 aliphatic heterocycles. The predicted molar refractivity (Wildman–Crippen MR) is 58.3 cm³/mol. The van der Waals surface area contributed by atoms with Gasteiger partial charge in [0.15, 0.2) is 0 Å². The van der Waals surface area contributed by atoms with Crippen molar-refractivity contribution in [2.45, 2.75) is 25.3 Å². The third-order valence-electron chi connectivity index (χ3n) is 4.06. The summed E-state index contributed by atoms with van der Waals surface area (Å²) in [5, 5.41) is 6.39. The van der Waals surface area contributed by atoms with E-state index in [4.69, 9.17) is 0 Å². The summed E-state index contributed by atoms with van der Waals surface area (Å²) in [5.41, 5.74) is 0. The van der Waals surface area contributed by atoms with E-state index in [2.05, 4.69) is 22.8 Å². The number of fused-ring (bicyclic) bond motifs is 2. The molecule has 3 aliphatic rings. The first-order valence-electron chi connectivity index (χ1n) is 5.99. The van der Waals surface area contributed by atoms with Crippen LogP contribution in [0.4, 0.5) is 0 Å². The van der Waals surface area contributed by atoms with E-state index in [0.717, 1.165) is 30.8 Å². The molecule has 4 atom stereocenters. The monoisotopic (exact) mass is 206 g/mol. The van der Waals surface area contributed by atoms with Crippen LogP contribution in [0.15, 0.2) is 12.2 Å². The molecule has 1 saturated carbocycles. The minimum absolute atomic E-state index is 0.195. The van der Waals surface area contributed by atoms with Crippen LogP contribution in [-0.4, -0.2) is 25.0 Å². The van der Waals surface area contributed by atoms with Gasteiger partial charge in [-0.05, 0) is 37.1 Å². The summed E-state index contributed by atoms with van der Waals surface area (Å²) in [6.07, 6.45) is 8.15. The lowest BCUT2D eigenvalue weighted by molar-refractivity contribution is -0.119. The average molecular weight is 206 g/mol. The van der Waals surface area contributed by atoms with Gasteiger partial charge in [-0.3, -0.25) is 4.79 Å². The maximum Gasteiger partial charge on any atom is 0.221 e. The number of allylic oxidation sites excluding steroid dienone is 2. The third-order valence-corrected chi connectivity index (χ3v) is 4.06. The highest BCUT2D eigenvalue weighted by molar-refractivity contribution is 5.78. The van der Waals surface area contributed by atoms with Crippen molar-refractivity contribution >= 4 is 5.91 Å². The molecule has 2 fully saturated rings. The van der Waals surface area contributed by atoms with Crippen LogP contribution in [0.3, 0.4) is 0 Å². The normalized spacial score (nSPS) is 42.5. The molecule has 82 valence electrons. The Hall–Kier alpha value is -0.830. The van der Waals surface area contributed by atoms with E-state index in [-0.39, 0.29) is 5.91 Å². The topological polar surface area (TPSA) is 41.1 Å². The van der Waals surface area contributed by atoms with Gasteiger partial charge in [-0.1, -0.05) is 12.2 Å². The highest BCUT2D eigenvalue weighted by Crippen LogP contribution is 2.42. The number of nitrogens with one attached hydrogen (secondary N) is 2. The molecule has 0 aromatic carbocycles. The lowest BCUT2D eigenvalue weighted by atomic mass is 9.93. The lowest BCUT2D eigenvalue weighted by Crippen LogP contribution is -2.35. The molecule has 1 saturated heterocycles. The quantitative estimate of drug-likeness (QED) is 0.667. The summed E-state index contributed by atoms with van der Waals surface area (Å²) in [6.45, 7) is 1.90. The largest absolute Gasteiger partial charge is 0.354 e. The number of carbonyl (C=O) groups is 1. The molecule has 0 radical (unpaired) electrons. The summed E-state index contributed by atoms with van der Waals surface area (Å²) in [6, 6.07) is 0.376. The van der Waals surface area contributed by atoms with Gasteiger partial charge in [-0.25, -0.2) is 0 Å². The van der Waals surface area contributed by atoms with Crippen molar-refractivity contribution < 1.29 is 4.79 Å². The minimum Gasteiger partial charge on any atom is -0.354 e. The molecular formula is C12H18N2O. The van der Waals surface area contributed by atoms with E-state index in [1.165, 1.54) is 12.8 Å². The van der Waals surface area contributed by atoms with Crippen LogP contribution in [0.2, 0.25) is 0 Å². The smallest absolute Gasteiger partial charge is 0.221 e. The Balaban J connectivity index is 1.47. The van der Waals surface area contributed by atoms with Gasteiger partial charge in [-0.15, -0.1) is 0 Å². The Kier molecular flexibility index (Phi) is 2.28. The highest BCUT2D eigenvalue weighted by atomic mass is 16.1. The Bertz CT molecular complexity index is 300. The molecule has 4 unspecified atom stereocenters. The SMILES string of the molecule is O=C1CC(NCC2CC3C=CC2C3)CN1. The maximum atomic E-state index is 11.0. The molecule has 1 heterocycles. The van der Waals surface area contributed by atoms with Crippen molar-refractivity contribution in [1.29, 1.82) is 0 Å². The van der Waals surface area contributed by atoms with Crippen molar-refractivity contribution in [2.75, 3.05) is 13.1 Å². The fourth-order valence-electron chi connectivity index (χ4n) is 3.20. The van der Waals surface area contributed by atoms with E-state index in [9.17, 15) is 4.79 Å². The molecule has 0 spiro atoms. The van der Waals surface area contributed by atoms with E-state index in [1.54, 1.807) is 0 Å². The Labute approximate surface area is 90.3 Å². The van der Waals surface area contributed by atoms with Gasteiger partial charge in [0.2, 0.25) is 5.91 Å².